The van der Waals surface area contributed by atoms with Gasteiger partial charge in [-0.1, -0.05) is 18.2 Å². The van der Waals surface area contributed by atoms with E-state index in [1.165, 1.54) is 0 Å². The summed E-state index contributed by atoms with van der Waals surface area (Å²) in [6.45, 7) is 4.48. The smallest absolute Gasteiger partial charge is 0.237 e. The third-order valence-electron chi connectivity index (χ3n) is 2.75. The van der Waals surface area contributed by atoms with Crippen LogP contribution in [0.15, 0.2) is 42.6 Å². The minimum Gasteiger partial charge on any atom is -0.346 e. The van der Waals surface area contributed by atoms with E-state index in [-0.39, 0.29) is 5.78 Å². The Balaban J connectivity index is 2.29. The lowest BCUT2D eigenvalue weighted by atomic mass is 10.2. The maximum absolute atomic E-state index is 12.5. The standard InChI is InChI=1S/C15H18N2O3/c1-3-19-15(20-4-2)14(18)13-10-11-16-17(13)12-8-6-5-7-9-12/h5-11,15H,3-4H2,1-2H3. The first-order valence-electron chi connectivity index (χ1n) is 6.64. The molecule has 0 aliphatic heterocycles. The largest absolute Gasteiger partial charge is 0.346 e. The molecule has 0 fully saturated rings. The maximum atomic E-state index is 12.5. The summed E-state index contributed by atoms with van der Waals surface area (Å²) < 4.78 is 12.3. The van der Waals surface area contributed by atoms with Gasteiger partial charge in [-0.3, -0.25) is 4.79 Å². The number of hydrogen-bond acceptors (Lipinski definition) is 4. The zero-order valence-electron chi connectivity index (χ0n) is 11.7. The molecule has 1 aromatic carbocycles. The molecule has 5 nitrogen and oxygen atoms in total. The number of carbonyl (C=O) groups excluding carboxylic acids is 1. The molecular weight excluding hydrogens is 256 g/mol. The van der Waals surface area contributed by atoms with Crippen molar-refractivity contribution in [3.63, 3.8) is 0 Å². The van der Waals surface area contributed by atoms with Gasteiger partial charge in [-0.2, -0.15) is 5.10 Å². The van der Waals surface area contributed by atoms with Gasteiger partial charge in [0.15, 0.2) is 0 Å². The van der Waals surface area contributed by atoms with E-state index in [9.17, 15) is 4.79 Å². The normalized spacial score (nSPS) is 10.9. The van der Waals surface area contributed by atoms with E-state index in [4.69, 9.17) is 9.47 Å². The lowest BCUT2D eigenvalue weighted by molar-refractivity contribution is -0.107. The van der Waals surface area contributed by atoms with Gasteiger partial charge in [0.25, 0.3) is 0 Å². The van der Waals surface area contributed by atoms with Crippen molar-refractivity contribution >= 4 is 5.78 Å². The Morgan fingerprint density at radius 3 is 2.40 bits per heavy atom. The van der Waals surface area contributed by atoms with E-state index in [2.05, 4.69) is 5.10 Å². The number of aromatic nitrogens is 2. The zero-order chi connectivity index (χ0) is 14.4. The van der Waals surface area contributed by atoms with Crippen molar-refractivity contribution in [2.24, 2.45) is 0 Å². The minimum atomic E-state index is -0.885. The van der Waals surface area contributed by atoms with Crippen LogP contribution in [0, 0.1) is 0 Å². The van der Waals surface area contributed by atoms with Crippen molar-refractivity contribution in [1.82, 2.24) is 9.78 Å². The second kappa shape index (κ2) is 6.98. The Bertz CT molecular complexity index is 545. The summed E-state index contributed by atoms with van der Waals surface area (Å²) in [5, 5.41) is 4.19. The molecule has 5 heteroatoms. The SMILES string of the molecule is CCOC(OCC)C(=O)c1ccnn1-c1ccccc1. The number of ketones is 1. The molecule has 0 bridgehead atoms. The number of hydrogen-bond donors (Lipinski definition) is 0. The number of ether oxygens (including phenoxy) is 2. The Morgan fingerprint density at radius 2 is 1.80 bits per heavy atom. The van der Waals surface area contributed by atoms with Crippen molar-refractivity contribution in [1.29, 1.82) is 0 Å². The monoisotopic (exact) mass is 274 g/mol. The van der Waals surface area contributed by atoms with Crippen LogP contribution in [0.3, 0.4) is 0 Å². The van der Waals surface area contributed by atoms with E-state index in [0.29, 0.717) is 18.9 Å². The van der Waals surface area contributed by atoms with Crippen molar-refractivity contribution in [3.05, 3.63) is 48.3 Å². The van der Waals surface area contributed by atoms with Crippen molar-refractivity contribution < 1.29 is 14.3 Å². The summed E-state index contributed by atoms with van der Waals surface area (Å²) in [6.07, 6.45) is 0.707. The lowest BCUT2D eigenvalue weighted by Crippen LogP contribution is -2.29. The van der Waals surface area contributed by atoms with Gasteiger partial charge in [0.1, 0.15) is 5.69 Å². The second-order valence-corrected chi connectivity index (χ2v) is 4.07. The van der Waals surface area contributed by atoms with Crippen LogP contribution < -0.4 is 0 Å². The molecule has 2 aromatic rings. The highest BCUT2D eigenvalue weighted by Crippen LogP contribution is 2.13. The molecule has 0 spiro atoms. The fourth-order valence-corrected chi connectivity index (χ4v) is 1.89. The molecule has 0 amide bonds. The molecule has 0 N–H and O–H groups in total. The van der Waals surface area contributed by atoms with Gasteiger partial charge in [0.2, 0.25) is 12.1 Å². The summed E-state index contributed by atoms with van der Waals surface area (Å²) in [7, 11) is 0. The quantitative estimate of drug-likeness (QED) is 0.575. The molecule has 0 saturated heterocycles. The lowest BCUT2D eigenvalue weighted by Gasteiger charge is -2.16. The molecule has 1 aromatic heterocycles. The van der Waals surface area contributed by atoms with Crippen LogP contribution in [0.2, 0.25) is 0 Å². The van der Waals surface area contributed by atoms with Crippen molar-refractivity contribution in [2.45, 2.75) is 20.1 Å². The number of benzene rings is 1. The zero-order valence-corrected chi connectivity index (χ0v) is 11.7. The van der Waals surface area contributed by atoms with Gasteiger partial charge in [0, 0.05) is 13.2 Å². The Kier molecular flexibility index (Phi) is 5.03. The molecule has 20 heavy (non-hydrogen) atoms. The third-order valence-corrected chi connectivity index (χ3v) is 2.75. The fourth-order valence-electron chi connectivity index (χ4n) is 1.89. The van der Waals surface area contributed by atoms with E-state index >= 15 is 0 Å². The molecule has 0 radical (unpaired) electrons. The van der Waals surface area contributed by atoms with Crippen LogP contribution in [0.25, 0.3) is 5.69 Å². The highest BCUT2D eigenvalue weighted by Gasteiger charge is 2.24. The summed E-state index contributed by atoms with van der Waals surface area (Å²) >= 11 is 0. The summed E-state index contributed by atoms with van der Waals surface area (Å²) in [5.41, 5.74) is 1.27. The number of para-hydroxylation sites is 1. The molecule has 0 atom stereocenters. The number of carbonyl (C=O) groups is 1. The van der Waals surface area contributed by atoms with Gasteiger partial charge in [0.05, 0.1) is 11.9 Å². The molecular formula is C15H18N2O3. The Morgan fingerprint density at radius 1 is 1.15 bits per heavy atom. The summed E-state index contributed by atoms with van der Waals surface area (Å²) in [6, 6.07) is 11.2. The molecule has 0 saturated carbocycles. The molecule has 0 unspecified atom stereocenters. The van der Waals surface area contributed by atoms with Crippen molar-refractivity contribution in [3.8, 4) is 5.69 Å². The number of nitrogens with zero attached hydrogens (tertiary/aromatic N) is 2. The van der Waals surface area contributed by atoms with Crippen LogP contribution in [0.1, 0.15) is 24.3 Å². The van der Waals surface area contributed by atoms with E-state index < -0.39 is 6.29 Å². The fraction of sp³-hybridized carbons (Fsp3) is 0.333. The molecule has 106 valence electrons. The van der Waals surface area contributed by atoms with Gasteiger partial charge < -0.3 is 9.47 Å². The minimum absolute atomic E-state index is 0.227. The van der Waals surface area contributed by atoms with Crippen LogP contribution >= 0.6 is 0 Å². The first-order valence-corrected chi connectivity index (χ1v) is 6.64. The van der Waals surface area contributed by atoms with Crippen LogP contribution in [-0.4, -0.2) is 35.1 Å². The van der Waals surface area contributed by atoms with Crippen molar-refractivity contribution in [2.75, 3.05) is 13.2 Å². The average molecular weight is 274 g/mol. The highest BCUT2D eigenvalue weighted by molar-refractivity contribution is 5.97. The molecule has 0 aliphatic carbocycles. The number of rotatable bonds is 7. The Labute approximate surface area is 118 Å². The molecule has 0 aliphatic rings. The predicted molar refractivity (Wildman–Crippen MR) is 74.9 cm³/mol. The molecule has 2 rings (SSSR count). The van der Waals surface area contributed by atoms with Gasteiger partial charge in [-0.05, 0) is 32.0 Å². The van der Waals surface area contributed by atoms with Gasteiger partial charge >= 0.3 is 0 Å². The van der Waals surface area contributed by atoms with E-state index in [1.807, 2.05) is 44.2 Å². The maximum Gasteiger partial charge on any atom is 0.237 e. The van der Waals surface area contributed by atoms with Crippen LogP contribution in [0.4, 0.5) is 0 Å². The summed E-state index contributed by atoms with van der Waals surface area (Å²) in [5.74, 6) is -0.227. The second-order valence-electron chi connectivity index (χ2n) is 4.07. The van der Waals surface area contributed by atoms with Gasteiger partial charge in [-0.15, -0.1) is 0 Å². The summed E-state index contributed by atoms with van der Waals surface area (Å²) in [4.78, 5) is 12.5. The van der Waals surface area contributed by atoms with E-state index in [0.717, 1.165) is 5.69 Å². The first kappa shape index (κ1) is 14.4. The Hall–Kier alpha value is -1.98. The van der Waals surface area contributed by atoms with Crippen LogP contribution in [-0.2, 0) is 9.47 Å². The first-order chi connectivity index (χ1) is 9.77. The van der Waals surface area contributed by atoms with Gasteiger partial charge in [-0.25, -0.2) is 4.68 Å². The highest BCUT2D eigenvalue weighted by atomic mass is 16.7. The third kappa shape index (κ3) is 3.12. The molecule has 1 heterocycles. The van der Waals surface area contributed by atoms with Crippen LogP contribution in [0.5, 0.6) is 0 Å². The van der Waals surface area contributed by atoms with E-state index in [1.54, 1.807) is 16.9 Å². The topological polar surface area (TPSA) is 53.4 Å². The predicted octanol–water partition coefficient (Wildman–Crippen LogP) is 2.45. The number of Topliss-reactive ketones (excluding diaryl/α,β-unsaturated/α-hetero) is 1. The average Bonchev–Trinajstić information content (AvgIpc) is 2.96.